The van der Waals surface area contributed by atoms with Gasteiger partial charge in [-0.15, -0.1) is 24.0 Å². The van der Waals surface area contributed by atoms with Gasteiger partial charge in [-0.05, 0) is 17.5 Å². The lowest BCUT2D eigenvalue weighted by Crippen LogP contribution is -2.38. The van der Waals surface area contributed by atoms with Crippen LogP contribution in [0.25, 0.3) is 0 Å². The third kappa shape index (κ3) is 8.35. The lowest BCUT2D eigenvalue weighted by Gasteiger charge is -2.27. The number of hydrogen-bond donors (Lipinski definition) is 2. The van der Waals surface area contributed by atoms with Gasteiger partial charge in [0.25, 0.3) is 0 Å². The van der Waals surface area contributed by atoms with Gasteiger partial charge >= 0.3 is 0 Å². The molecule has 0 unspecified atom stereocenters. The summed E-state index contributed by atoms with van der Waals surface area (Å²) in [5, 5.41) is 6.70. The predicted molar refractivity (Wildman–Crippen MR) is 113 cm³/mol. The van der Waals surface area contributed by atoms with Crippen molar-refractivity contribution in [1.29, 1.82) is 0 Å². The van der Waals surface area contributed by atoms with Gasteiger partial charge < -0.3 is 20.1 Å². The summed E-state index contributed by atoms with van der Waals surface area (Å²) in [7, 11) is 3.52. The highest BCUT2D eigenvalue weighted by Crippen LogP contribution is 2.12. The first-order valence-electron chi connectivity index (χ1n) is 8.64. The number of benzene rings is 1. The number of rotatable bonds is 8. The van der Waals surface area contributed by atoms with Crippen molar-refractivity contribution in [3.05, 3.63) is 35.4 Å². The molecule has 0 atom stereocenters. The Hall–Kier alpha value is -0.900. The van der Waals surface area contributed by atoms with E-state index in [1.54, 1.807) is 14.2 Å². The number of nitrogens with zero attached hydrogens (tertiary/aromatic N) is 2. The maximum atomic E-state index is 5.43. The maximum Gasteiger partial charge on any atom is 0.191 e. The number of hydrogen-bond acceptors (Lipinski definition) is 4. The molecule has 0 aromatic heterocycles. The number of nitrogens with one attached hydrogen (secondary N) is 2. The Morgan fingerprint density at radius 1 is 1.20 bits per heavy atom. The Kier molecular flexibility index (Phi) is 11.8. The largest absolute Gasteiger partial charge is 0.385 e. The van der Waals surface area contributed by atoms with Gasteiger partial charge in [-0.25, -0.2) is 0 Å². The molecule has 1 aromatic rings. The second-order valence-corrected chi connectivity index (χ2v) is 5.86. The molecule has 2 rings (SSSR count). The van der Waals surface area contributed by atoms with Crippen LogP contribution in [-0.4, -0.2) is 64.5 Å². The fraction of sp³-hybridized carbons (Fsp3) is 0.611. The molecule has 1 heterocycles. The fourth-order valence-corrected chi connectivity index (χ4v) is 2.71. The summed E-state index contributed by atoms with van der Waals surface area (Å²) in [5.74, 6) is 0.826. The first kappa shape index (κ1) is 22.1. The Morgan fingerprint density at radius 3 is 2.60 bits per heavy atom. The number of methoxy groups -OCH3 is 1. The van der Waals surface area contributed by atoms with Crippen molar-refractivity contribution in [2.45, 2.75) is 19.5 Å². The van der Waals surface area contributed by atoms with Crippen LogP contribution in [-0.2, 0) is 22.6 Å². The van der Waals surface area contributed by atoms with Gasteiger partial charge in [0.2, 0.25) is 0 Å². The van der Waals surface area contributed by atoms with Crippen molar-refractivity contribution in [1.82, 2.24) is 15.5 Å². The second kappa shape index (κ2) is 13.3. The summed E-state index contributed by atoms with van der Waals surface area (Å²) < 4.78 is 10.5. The lowest BCUT2D eigenvalue weighted by atomic mass is 10.1. The van der Waals surface area contributed by atoms with E-state index in [1.165, 1.54) is 11.1 Å². The van der Waals surface area contributed by atoms with Crippen LogP contribution in [0.5, 0.6) is 0 Å². The second-order valence-electron chi connectivity index (χ2n) is 5.86. The molecule has 6 nitrogen and oxygen atoms in total. The molecule has 1 aromatic carbocycles. The van der Waals surface area contributed by atoms with Crippen LogP contribution < -0.4 is 10.6 Å². The van der Waals surface area contributed by atoms with E-state index in [1.807, 2.05) is 0 Å². The predicted octanol–water partition coefficient (Wildman–Crippen LogP) is 1.84. The third-order valence-electron chi connectivity index (χ3n) is 4.10. The zero-order valence-electron chi connectivity index (χ0n) is 15.3. The average Bonchev–Trinajstić information content (AvgIpc) is 2.63. The smallest absolute Gasteiger partial charge is 0.191 e. The number of guanidine groups is 1. The molecular formula is C18H31IN4O2. The maximum absolute atomic E-state index is 5.43. The summed E-state index contributed by atoms with van der Waals surface area (Å²) in [5.41, 5.74) is 2.67. The van der Waals surface area contributed by atoms with Gasteiger partial charge in [-0.1, -0.05) is 24.3 Å². The fourth-order valence-electron chi connectivity index (χ4n) is 2.71. The zero-order chi connectivity index (χ0) is 17.0. The highest BCUT2D eigenvalue weighted by Gasteiger charge is 2.12. The highest BCUT2D eigenvalue weighted by atomic mass is 127. The topological polar surface area (TPSA) is 58.1 Å². The molecule has 0 aliphatic carbocycles. The molecule has 0 spiro atoms. The Balaban J connectivity index is 0.00000312. The monoisotopic (exact) mass is 462 g/mol. The number of ether oxygens (including phenoxy) is 2. The summed E-state index contributed by atoms with van der Waals surface area (Å²) >= 11 is 0. The first-order valence-corrected chi connectivity index (χ1v) is 8.64. The first-order chi connectivity index (χ1) is 11.8. The molecule has 25 heavy (non-hydrogen) atoms. The van der Waals surface area contributed by atoms with Crippen LogP contribution in [0.1, 0.15) is 17.5 Å². The SMILES string of the molecule is CN=C(NCCCOC)NCc1ccccc1CN1CCOCC1.I. The van der Waals surface area contributed by atoms with Gasteiger partial charge in [-0.2, -0.15) is 0 Å². The van der Waals surface area contributed by atoms with Crippen LogP contribution in [0, 0.1) is 0 Å². The summed E-state index contributed by atoms with van der Waals surface area (Å²) in [6.45, 7) is 7.02. The van der Waals surface area contributed by atoms with Gasteiger partial charge in [0.05, 0.1) is 13.2 Å². The molecule has 2 N–H and O–H groups in total. The minimum Gasteiger partial charge on any atom is -0.385 e. The minimum absolute atomic E-state index is 0. The normalized spacial score (nSPS) is 15.5. The molecule has 1 aliphatic heterocycles. The molecule has 142 valence electrons. The van der Waals surface area contributed by atoms with E-state index in [4.69, 9.17) is 9.47 Å². The van der Waals surface area contributed by atoms with Crippen molar-refractivity contribution in [3.8, 4) is 0 Å². The number of morpholine rings is 1. The zero-order valence-corrected chi connectivity index (χ0v) is 17.6. The molecule has 1 saturated heterocycles. The number of halogens is 1. The molecule has 1 aliphatic rings. The van der Waals surface area contributed by atoms with E-state index in [9.17, 15) is 0 Å². The van der Waals surface area contributed by atoms with Crippen LogP contribution >= 0.6 is 24.0 Å². The van der Waals surface area contributed by atoms with Gasteiger partial charge in [0.15, 0.2) is 5.96 Å². The van der Waals surface area contributed by atoms with Crippen LogP contribution in [0.15, 0.2) is 29.3 Å². The number of aliphatic imine (C=N–C) groups is 1. The minimum atomic E-state index is 0. The van der Waals surface area contributed by atoms with E-state index < -0.39 is 0 Å². The van der Waals surface area contributed by atoms with Crippen LogP contribution in [0.4, 0.5) is 0 Å². The molecule has 0 radical (unpaired) electrons. The van der Waals surface area contributed by atoms with Crippen LogP contribution in [0.2, 0.25) is 0 Å². The lowest BCUT2D eigenvalue weighted by molar-refractivity contribution is 0.0341. The summed E-state index contributed by atoms with van der Waals surface area (Å²) in [6.07, 6.45) is 0.963. The van der Waals surface area contributed by atoms with E-state index in [0.717, 1.165) is 64.9 Å². The average molecular weight is 462 g/mol. The standard InChI is InChI=1S/C18H30N4O2.HI/c1-19-18(20-8-5-11-23-2)21-14-16-6-3-4-7-17(16)15-22-9-12-24-13-10-22;/h3-4,6-7H,5,8-15H2,1-2H3,(H2,19,20,21);1H. The van der Waals surface area contributed by atoms with Gasteiger partial charge in [-0.3, -0.25) is 9.89 Å². The molecule has 0 bridgehead atoms. The van der Waals surface area contributed by atoms with Gasteiger partial charge in [0.1, 0.15) is 0 Å². The molecule has 1 fully saturated rings. The van der Waals surface area contributed by atoms with Crippen molar-refractivity contribution >= 4 is 29.9 Å². The van der Waals surface area contributed by atoms with Crippen molar-refractivity contribution in [2.24, 2.45) is 4.99 Å². The molecular weight excluding hydrogens is 431 g/mol. The summed E-state index contributed by atoms with van der Waals surface area (Å²) in [6, 6.07) is 8.59. The van der Waals surface area contributed by atoms with E-state index >= 15 is 0 Å². The molecule has 7 heteroatoms. The van der Waals surface area contributed by atoms with Crippen molar-refractivity contribution in [2.75, 3.05) is 53.6 Å². The Labute approximate surface area is 168 Å². The molecule has 0 amide bonds. The highest BCUT2D eigenvalue weighted by molar-refractivity contribution is 14.0. The van der Waals surface area contributed by atoms with Crippen molar-refractivity contribution < 1.29 is 9.47 Å². The van der Waals surface area contributed by atoms with Crippen LogP contribution in [0.3, 0.4) is 0 Å². The van der Waals surface area contributed by atoms with Gasteiger partial charge in [0, 0.05) is 53.5 Å². The summed E-state index contributed by atoms with van der Waals surface area (Å²) in [4.78, 5) is 6.72. The van der Waals surface area contributed by atoms with E-state index in [2.05, 4.69) is 44.8 Å². The quantitative estimate of drug-likeness (QED) is 0.267. The van der Waals surface area contributed by atoms with E-state index in [-0.39, 0.29) is 24.0 Å². The molecule has 0 saturated carbocycles. The van der Waals surface area contributed by atoms with E-state index in [0.29, 0.717) is 0 Å². The van der Waals surface area contributed by atoms with Crippen molar-refractivity contribution in [3.63, 3.8) is 0 Å². The Bertz CT molecular complexity index is 508. The Morgan fingerprint density at radius 2 is 1.92 bits per heavy atom. The third-order valence-corrected chi connectivity index (χ3v) is 4.10.